The second-order valence-electron chi connectivity index (χ2n) is 3.34. The van der Waals surface area contributed by atoms with Gasteiger partial charge in [0.2, 0.25) is 0 Å². The van der Waals surface area contributed by atoms with Crippen LogP contribution in [0, 0.1) is 0 Å². The first-order valence-corrected chi connectivity index (χ1v) is 3.52. The van der Waals surface area contributed by atoms with Crippen molar-refractivity contribution in [2.75, 3.05) is 27.7 Å². The van der Waals surface area contributed by atoms with E-state index in [1.807, 2.05) is 0 Å². The van der Waals surface area contributed by atoms with Gasteiger partial charge >= 0.3 is 0 Å². The van der Waals surface area contributed by atoms with E-state index in [0.29, 0.717) is 6.61 Å². The van der Waals surface area contributed by atoms with Crippen molar-refractivity contribution in [2.24, 2.45) is 0 Å². The number of hydrogen-bond acceptors (Lipinski definition) is 1. The molecule has 0 fully saturated rings. The zero-order chi connectivity index (χ0) is 8.20. The molecule has 0 radical (unpaired) electrons. The van der Waals surface area contributed by atoms with Crippen LogP contribution in [0.15, 0.2) is 12.7 Å². The van der Waals surface area contributed by atoms with Gasteiger partial charge in [-0.3, -0.25) is 0 Å². The van der Waals surface area contributed by atoms with Crippen molar-refractivity contribution >= 4 is 0 Å². The fourth-order valence-electron chi connectivity index (χ4n) is 0.431. The number of quaternary nitrogens is 1. The van der Waals surface area contributed by atoms with Gasteiger partial charge in [0.05, 0.1) is 27.7 Å². The Morgan fingerprint density at radius 3 is 2.30 bits per heavy atom. The van der Waals surface area contributed by atoms with Crippen LogP contribution in [-0.4, -0.2) is 38.5 Å². The lowest BCUT2D eigenvalue weighted by atomic mass is 10.5. The lowest BCUT2D eigenvalue weighted by Gasteiger charge is -2.30. The molecule has 0 aliphatic carbocycles. The largest absolute Gasteiger partial charge is 0.325 e. The van der Waals surface area contributed by atoms with Gasteiger partial charge in [-0.1, -0.05) is 6.08 Å². The van der Waals surface area contributed by atoms with E-state index in [2.05, 4.69) is 34.6 Å². The molecule has 1 atom stereocenters. The lowest BCUT2D eigenvalue weighted by Crippen LogP contribution is -2.44. The minimum atomic E-state index is 0.234. The molecule has 0 amide bonds. The molecule has 1 unspecified atom stereocenters. The molecule has 0 N–H and O–H groups in total. The third-order valence-corrected chi connectivity index (χ3v) is 1.55. The molecule has 0 spiro atoms. The Labute approximate surface area is 63.7 Å². The average molecular weight is 144 g/mol. The minimum Gasteiger partial charge on any atom is -0.325 e. The molecule has 2 heteroatoms. The minimum absolute atomic E-state index is 0.234. The van der Waals surface area contributed by atoms with Crippen LogP contribution in [0.4, 0.5) is 0 Å². The first-order chi connectivity index (χ1) is 4.48. The molecule has 0 aliphatic heterocycles. The van der Waals surface area contributed by atoms with Crippen molar-refractivity contribution in [3.05, 3.63) is 12.7 Å². The van der Waals surface area contributed by atoms with Gasteiger partial charge in [0.15, 0.2) is 6.23 Å². The summed E-state index contributed by atoms with van der Waals surface area (Å²) in [6.07, 6.45) is 2.00. The van der Waals surface area contributed by atoms with Gasteiger partial charge < -0.3 is 9.22 Å². The van der Waals surface area contributed by atoms with Crippen molar-refractivity contribution in [1.29, 1.82) is 0 Å². The second kappa shape index (κ2) is 3.74. The van der Waals surface area contributed by atoms with Gasteiger partial charge in [0, 0.05) is 6.92 Å². The number of rotatable bonds is 4. The van der Waals surface area contributed by atoms with Crippen LogP contribution in [0.1, 0.15) is 6.92 Å². The molecular weight excluding hydrogens is 126 g/mol. The van der Waals surface area contributed by atoms with Crippen LogP contribution in [0.2, 0.25) is 0 Å². The molecule has 10 heavy (non-hydrogen) atoms. The summed E-state index contributed by atoms with van der Waals surface area (Å²) in [6, 6.07) is 0. The summed E-state index contributed by atoms with van der Waals surface area (Å²) in [7, 11) is 6.31. The fraction of sp³-hybridized carbons (Fsp3) is 0.750. The van der Waals surface area contributed by atoms with Crippen LogP contribution in [0.5, 0.6) is 0 Å². The Balaban J connectivity index is 3.61. The van der Waals surface area contributed by atoms with Crippen LogP contribution < -0.4 is 0 Å². The molecule has 2 nitrogen and oxygen atoms in total. The smallest absolute Gasteiger partial charge is 0.190 e. The van der Waals surface area contributed by atoms with Gasteiger partial charge in [-0.05, 0) is 0 Å². The van der Waals surface area contributed by atoms with Crippen molar-refractivity contribution < 1.29 is 9.22 Å². The van der Waals surface area contributed by atoms with Crippen molar-refractivity contribution in [3.63, 3.8) is 0 Å². The van der Waals surface area contributed by atoms with E-state index in [9.17, 15) is 0 Å². The standard InChI is InChI=1S/C8H18NO/c1-6-7-10-8(2)9(3,4)5/h6,8H,1,7H2,2-5H3/q+1. The first-order valence-electron chi connectivity index (χ1n) is 3.52. The quantitative estimate of drug-likeness (QED) is 0.328. The maximum absolute atomic E-state index is 5.41. The van der Waals surface area contributed by atoms with Crippen LogP contribution in [-0.2, 0) is 4.74 Å². The van der Waals surface area contributed by atoms with E-state index in [-0.39, 0.29) is 6.23 Å². The average Bonchev–Trinajstić information content (AvgIpc) is 1.80. The van der Waals surface area contributed by atoms with E-state index in [1.54, 1.807) is 6.08 Å². The maximum atomic E-state index is 5.41. The number of nitrogens with zero attached hydrogens (tertiary/aromatic N) is 1. The molecule has 0 saturated carbocycles. The third-order valence-electron chi connectivity index (χ3n) is 1.55. The number of ether oxygens (including phenoxy) is 1. The predicted octanol–water partition coefficient (Wildman–Crippen LogP) is 1.24. The van der Waals surface area contributed by atoms with Gasteiger partial charge in [-0.25, -0.2) is 0 Å². The predicted molar refractivity (Wildman–Crippen MR) is 43.6 cm³/mol. The van der Waals surface area contributed by atoms with Gasteiger partial charge in [-0.15, -0.1) is 6.58 Å². The fourth-order valence-corrected chi connectivity index (χ4v) is 0.431. The highest BCUT2D eigenvalue weighted by atomic mass is 16.5. The topological polar surface area (TPSA) is 9.23 Å². The molecular formula is C8H18NO+. The van der Waals surface area contributed by atoms with E-state index in [1.165, 1.54) is 0 Å². The molecule has 60 valence electrons. The highest BCUT2D eigenvalue weighted by molar-refractivity contribution is 4.63. The highest BCUT2D eigenvalue weighted by Crippen LogP contribution is 2.02. The summed E-state index contributed by atoms with van der Waals surface area (Å²) in [5.41, 5.74) is 0. The molecule has 0 aromatic rings. The Morgan fingerprint density at radius 1 is 1.50 bits per heavy atom. The van der Waals surface area contributed by atoms with E-state index >= 15 is 0 Å². The molecule has 0 aromatic heterocycles. The van der Waals surface area contributed by atoms with Gasteiger partial charge in [0.1, 0.15) is 0 Å². The summed E-state index contributed by atoms with van der Waals surface area (Å²) in [5, 5.41) is 0. The van der Waals surface area contributed by atoms with Crippen molar-refractivity contribution in [2.45, 2.75) is 13.2 Å². The summed E-state index contributed by atoms with van der Waals surface area (Å²) >= 11 is 0. The van der Waals surface area contributed by atoms with Gasteiger partial charge in [-0.2, -0.15) is 0 Å². The zero-order valence-electron chi connectivity index (χ0n) is 7.42. The van der Waals surface area contributed by atoms with Crippen LogP contribution >= 0.6 is 0 Å². The Bertz CT molecular complexity index is 104. The molecule has 0 saturated heterocycles. The summed E-state index contributed by atoms with van der Waals surface area (Å²) in [5.74, 6) is 0. The zero-order valence-corrected chi connectivity index (χ0v) is 7.42. The van der Waals surface area contributed by atoms with E-state index < -0.39 is 0 Å². The highest BCUT2D eigenvalue weighted by Gasteiger charge is 2.17. The molecule has 0 rings (SSSR count). The Hall–Kier alpha value is -0.340. The monoisotopic (exact) mass is 144 g/mol. The third kappa shape index (κ3) is 3.64. The van der Waals surface area contributed by atoms with Crippen molar-refractivity contribution in [1.82, 2.24) is 0 Å². The Kier molecular flexibility index (Phi) is 3.61. The Morgan fingerprint density at radius 2 is 2.00 bits per heavy atom. The van der Waals surface area contributed by atoms with Crippen molar-refractivity contribution in [3.8, 4) is 0 Å². The first kappa shape index (κ1) is 9.66. The van der Waals surface area contributed by atoms with E-state index in [4.69, 9.17) is 4.74 Å². The summed E-state index contributed by atoms with van der Waals surface area (Å²) < 4.78 is 6.24. The van der Waals surface area contributed by atoms with Gasteiger partial charge in [0.25, 0.3) is 0 Å². The molecule has 0 aromatic carbocycles. The second-order valence-corrected chi connectivity index (χ2v) is 3.34. The molecule has 0 aliphatic rings. The molecule has 0 heterocycles. The normalized spacial score (nSPS) is 14.8. The van der Waals surface area contributed by atoms with Crippen LogP contribution in [0.3, 0.4) is 0 Å². The summed E-state index contributed by atoms with van der Waals surface area (Å²) in [4.78, 5) is 0. The lowest BCUT2D eigenvalue weighted by molar-refractivity contribution is -0.917. The van der Waals surface area contributed by atoms with Crippen LogP contribution in [0.25, 0.3) is 0 Å². The summed E-state index contributed by atoms with van der Waals surface area (Å²) in [6.45, 7) is 6.28. The maximum Gasteiger partial charge on any atom is 0.190 e. The SMILES string of the molecule is C=CCOC(C)[N+](C)(C)C. The molecule has 0 bridgehead atoms. The van der Waals surface area contributed by atoms with E-state index in [0.717, 1.165) is 4.48 Å². The number of hydrogen-bond donors (Lipinski definition) is 0.